The van der Waals surface area contributed by atoms with Crippen LogP contribution in [0.3, 0.4) is 0 Å². The number of carbonyl (C=O) groups is 2. The number of aromatic nitrogens is 3. The highest BCUT2D eigenvalue weighted by Gasteiger charge is 2.32. The van der Waals surface area contributed by atoms with E-state index >= 15 is 0 Å². The van der Waals surface area contributed by atoms with Crippen LogP contribution in [0.5, 0.6) is 11.6 Å². The summed E-state index contributed by atoms with van der Waals surface area (Å²) in [4.78, 5) is 43.7. The van der Waals surface area contributed by atoms with Gasteiger partial charge in [0.25, 0.3) is 0 Å². The van der Waals surface area contributed by atoms with Crippen LogP contribution in [-0.4, -0.2) is 94.2 Å². The van der Waals surface area contributed by atoms with Crippen molar-refractivity contribution >= 4 is 41.0 Å². The molecule has 2 aromatic heterocycles. The Balaban J connectivity index is 1.14. The Morgan fingerprint density at radius 2 is 1.61 bits per heavy atom. The zero-order valence-electron chi connectivity index (χ0n) is 24.2. The second-order valence-corrected chi connectivity index (χ2v) is 12.4. The van der Waals surface area contributed by atoms with E-state index in [1.165, 1.54) is 0 Å². The van der Waals surface area contributed by atoms with Gasteiger partial charge in [-0.3, -0.25) is 14.5 Å². The highest BCUT2D eigenvalue weighted by molar-refractivity contribution is 6.35. The standard InChI is InChI=1S/C31H34Cl2N6O5/c32-24-12-22(13-25(33)14-24)27-9-21(17-37-3-1-20(2-4-37)11-29(40)41)10-28(36-27)44-26-15-34-31(35-16-26)39-7-5-38(6-8-39)30(42)23-18-43-19-23/h9-10,12-16,20,23H,1-8,11,17-19H2,(H,40,41). The van der Waals surface area contributed by atoms with Crippen LogP contribution < -0.4 is 9.64 Å². The Hall–Kier alpha value is -3.51. The van der Waals surface area contributed by atoms with Crippen molar-refractivity contribution in [2.24, 2.45) is 11.8 Å². The van der Waals surface area contributed by atoms with Gasteiger partial charge >= 0.3 is 5.97 Å². The molecule has 0 atom stereocenters. The van der Waals surface area contributed by atoms with Gasteiger partial charge in [0.05, 0.1) is 37.2 Å². The summed E-state index contributed by atoms with van der Waals surface area (Å²) in [6.07, 6.45) is 5.17. The summed E-state index contributed by atoms with van der Waals surface area (Å²) in [6.45, 7) is 5.90. The second kappa shape index (κ2) is 13.6. The van der Waals surface area contributed by atoms with Crippen molar-refractivity contribution in [3.63, 3.8) is 0 Å². The fourth-order valence-electron chi connectivity index (χ4n) is 5.82. The molecule has 0 aliphatic carbocycles. The number of rotatable bonds is 9. The number of benzene rings is 1. The molecule has 0 saturated carbocycles. The van der Waals surface area contributed by atoms with Gasteiger partial charge in [-0.2, -0.15) is 0 Å². The van der Waals surface area contributed by atoms with Crippen molar-refractivity contribution in [1.82, 2.24) is 24.8 Å². The number of nitrogens with zero attached hydrogens (tertiary/aromatic N) is 6. The first-order chi connectivity index (χ1) is 21.3. The molecule has 0 spiro atoms. The highest BCUT2D eigenvalue weighted by Crippen LogP contribution is 2.31. The van der Waals surface area contributed by atoms with Gasteiger partial charge in [-0.05, 0) is 61.7 Å². The molecule has 3 saturated heterocycles. The molecule has 5 heterocycles. The molecule has 13 heteroatoms. The molecule has 0 unspecified atom stereocenters. The number of likely N-dealkylation sites (tertiary alicyclic amines) is 1. The van der Waals surface area contributed by atoms with Crippen LogP contribution in [0.15, 0.2) is 42.7 Å². The molecule has 11 nitrogen and oxygen atoms in total. The van der Waals surface area contributed by atoms with Gasteiger partial charge in [-0.15, -0.1) is 0 Å². The number of piperazine rings is 1. The number of hydrogen-bond acceptors (Lipinski definition) is 9. The molecule has 232 valence electrons. The summed E-state index contributed by atoms with van der Waals surface area (Å²) in [5, 5.41) is 10.2. The van der Waals surface area contributed by atoms with E-state index in [-0.39, 0.29) is 24.2 Å². The molecule has 6 rings (SSSR count). The summed E-state index contributed by atoms with van der Waals surface area (Å²) in [5.41, 5.74) is 2.43. The van der Waals surface area contributed by atoms with Crippen molar-refractivity contribution in [2.75, 3.05) is 57.4 Å². The van der Waals surface area contributed by atoms with Gasteiger partial charge < -0.3 is 24.4 Å². The van der Waals surface area contributed by atoms with Crippen LogP contribution in [0.1, 0.15) is 24.8 Å². The molecular formula is C31H34Cl2N6O5. The maximum Gasteiger partial charge on any atom is 0.303 e. The van der Waals surface area contributed by atoms with E-state index in [2.05, 4.69) is 19.8 Å². The third-order valence-corrected chi connectivity index (χ3v) is 8.73. The maximum atomic E-state index is 12.5. The second-order valence-electron chi connectivity index (χ2n) is 11.5. The molecular weight excluding hydrogens is 607 g/mol. The summed E-state index contributed by atoms with van der Waals surface area (Å²) in [6, 6.07) is 9.20. The number of pyridine rings is 1. The number of anilines is 1. The fraction of sp³-hybridized carbons (Fsp3) is 0.452. The number of carboxylic acids is 1. The predicted octanol–water partition coefficient (Wildman–Crippen LogP) is 4.62. The molecule has 1 amide bonds. The lowest BCUT2D eigenvalue weighted by molar-refractivity contribution is -0.150. The van der Waals surface area contributed by atoms with Crippen molar-refractivity contribution in [2.45, 2.75) is 25.8 Å². The molecule has 1 N–H and O–H groups in total. The van der Waals surface area contributed by atoms with E-state index < -0.39 is 5.97 Å². The van der Waals surface area contributed by atoms with Gasteiger partial charge in [0.1, 0.15) is 0 Å². The van der Waals surface area contributed by atoms with E-state index in [0.29, 0.717) is 79.3 Å². The molecule has 3 aliphatic heterocycles. The minimum atomic E-state index is -0.740. The Morgan fingerprint density at radius 3 is 2.23 bits per heavy atom. The first kappa shape index (κ1) is 30.5. The van der Waals surface area contributed by atoms with Crippen molar-refractivity contribution < 1.29 is 24.2 Å². The van der Waals surface area contributed by atoms with E-state index in [4.69, 9.17) is 42.8 Å². The highest BCUT2D eigenvalue weighted by atomic mass is 35.5. The third kappa shape index (κ3) is 7.58. The van der Waals surface area contributed by atoms with Crippen LogP contribution in [0.25, 0.3) is 11.3 Å². The fourth-order valence-corrected chi connectivity index (χ4v) is 6.34. The molecule has 3 fully saturated rings. The van der Waals surface area contributed by atoms with Gasteiger partial charge in [0.2, 0.25) is 17.7 Å². The van der Waals surface area contributed by atoms with Crippen LogP contribution in [-0.2, 0) is 20.9 Å². The minimum absolute atomic E-state index is 0.00579. The van der Waals surface area contributed by atoms with Crippen molar-refractivity contribution in [3.8, 4) is 22.9 Å². The number of piperidine rings is 1. The van der Waals surface area contributed by atoms with E-state index in [9.17, 15) is 9.59 Å². The van der Waals surface area contributed by atoms with Crippen molar-refractivity contribution in [3.05, 3.63) is 58.3 Å². The molecule has 1 aromatic carbocycles. The Bertz CT molecular complexity index is 1470. The smallest absolute Gasteiger partial charge is 0.303 e. The van der Waals surface area contributed by atoms with Crippen LogP contribution in [0, 0.1) is 11.8 Å². The van der Waals surface area contributed by atoms with Crippen LogP contribution >= 0.6 is 23.2 Å². The monoisotopic (exact) mass is 640 g/mol. The molecule has 3 aliphatic rings. The van der Waals surface area contributed by atoms with E-state index in [1.54, 1.807) is 18.5 Å². The Morgan fingerprint density at radius 1 is 0.932 bits per heavy atom. The zero-order chi connectivity index (χ0) is 30.6. The third-order valence-electron chi connectivity index (χ3n) is 8.30. The molecule has 0 bridgehead atoms. The van der Waals surface area contributed by atoms with E-state index in [0.717, 1.165) is 37.1 Å². The maximum absolute atomic E-state index is 12.5. The van der Waals surface area contributed by atoms with Crippen molar-refractivity contribution in [1.29, 1.82) is 0 Å². The number of aliphatic carboxylic acids is 1. The molecule has 44 heavy (non-hydrogen) atoms. The number of halogens is 2. The number of carboxylic acid groups (broad SMARTS) is 1. The summed E-state index contributed by atoms with van der Waals surface area (Å²) in [7, 11) is 0. The summed E-state index contributed by atoms with van der Waals surface area (Å²) >= 11 is 12.6. The van der Waals surface area contributed by atoms with Gasteiger partial charge in [-0.1, -0.05) is 23.2 Å². The van der Waals surface area contributed by atoms with Crippen LogP contribution in [0.2, 0.25) is 10.0 Å². The lowest BCUT2D eigenvalue weighted by Gasteiger charge is -2.38. The van der Waals surface area contributed by atoms with Gasteiger partial charge in [0.15, 0.2) is 5.75 Å². The first-order valence-electron chi connectivity index (χ1n) is 14.8. The average molecular weight is 642 g/mol. The van der Waals surface area contributed by atoms with Crippen LogP contribution in [0.4, 0.5) is 5.95 Å². The largest absolute Gasteiger partial charge is 0.481 e. The number of ether oxygens (including phenoxy) is 2. The number of hydrogen-bond donors (Lipinski definition) is 1. The Kier molecular flexibility index (Phi) is 9.46. The van der Waals surface area contributed by atoms with Gasteiger partial charge in [0, 0.05) is 60.8 Å². The SMILES string of the molecule is O=C(O)CC1CCN(Cc2cc(Oc3cnc(N4CCN(C(=O)C5COC5)CC4)nc3)nc(-c3cc(Cl)cc(Cl)c3)c2)CC1. The number of carbonyl (C=O) groups excluding carboxylic acids is 1. The summed E-state index contributed by atoms with van der Waals surface area (Å²) < 4.78 is 11.3. The lowest BCUT2D eigenvalue weighted by Crippen LogP contribution is -2.53. The zero-order valence-corrected chi connectivity index (χ0v) is 25.7. The number of amides is 1. The summed E-state index contributed by atoms with van der Waals surface area (Å²) in [5.74, 6) is 1.04. The average Bonchev–Trinajstić information content (AvgIpc) is 2.97. The minimum Gasteiger partial charge on any atom is -0.481 e. The topological polar surface area (TPSA) is 121 Å². The molecule has 0 radical (unpaired) electrons. The lowest BCUT2D eigenvalue weighted by atomic mass is 9.93. The van der Waals surface area contributed by atoms with Gasteiger partial charge in [-0.25, -0.2) is 15.0 Å². The molecule has 3 aromatic rings. The normalized spacial score (nSPS) is 18.2. The first-order valence-corrected chi connectivity index (χ1v) is 15.6. The quantitative estimate of drug-likeness (QED) is 0.354. The Labute approximate surface area is 265 Å². The van der Waals surface area contributed by atoms with E-state index in [1.807, 2.05) is 29.2 Å². The predicted molar refractivity (Wildman–Crippen MR) is 165 cm³/mol.